The fourth-order valence-corrected chi connectivity index (χ4v) is 4.85. The van der Waals surface area contributed by atoms with Gasteiger partial charge in [-0.05, 0) is 56.7 Å². The van der Waals surface area contributed by atoms with Gasteiger partial charge in [0.2, 0.25) is 5.88 Å². The molecule has 0 aliphatic heterocycles. The number of aromatic nitrogens is 1. The molecule has 1 atom stereocenters. The number of rotatable bonds is 7. The van der Waals surface area contributed by atoms with Crippen molar-refractivity contribution in [1.82, 2.24) is 4.98 Å². The summed E-state index contributed by atoms with van der Waals surface area (Å²) in [7, 11) is 0. The zero-order valence-corrected chi connectivity index (χ0v) is 21.1. The number of amides is 1. The zero-order valence-electron chi connectivity index (χ0n) is 19.4. The second-order valence-corrected chi connectivity index (χ2v) is 10.4. The number of thioether (sulfide) groups is 1. The van der Waals surface area contributed by atoms with Gasteiger partial charge in [-0.2, -0.15) is 0 Å². The van der Waals surface area contributed by atoms with E-state index in [-0.39, 0.29) is 5.88 Å². The number of hydrogen-bond acceptors (Lipinski definition) is 6. The fraction of sp³-hybridized carbons (Fsp3) is 0.200. The summed E-state index contributed by atoms with van der Waals surface area (Å²) >= 11 is -0.983. The molecule has 2 heterocycles. The Balaban J connectivity index is 1.54. The van der Waals surface area contributed by atoms with Crippen LogP contribution < -0.4 is 9.62 Å². The summed E-state index contributed by atoms with van der Waals surface area (Å²) < 4.78 is 34.8. The molecule has 1 amide bonds. The Labute approximate surface area is 210 Å². The van der Waals surface area contributed by atoms with Crippen LogP contribution in [-0.2, 0) is 21.8 Å². The molecule has 2 N–H and O–H groups in total. The SMILES string of the molecule is CC(C)(C)OC(=O)Nc1cccc(CSc2ncccc2N(c2cc3ccccc3o2)S(=O)O)c1. The molecule has 0 aliphatic carbocycles. The number of anilines is 3. The summed E-state index contributed by atoms with van der Waals surface area (Å²) in [6.45, 7) is 5.41. The molecule has 8 nitrogen and oxygen atoms in total. The molecule has 0 spiro atoms. The molecule has 10 heteroatoms. The van der Waals surface area contributed by atoms with Gasteiger partial charge in [0.05, 0.1) is 5.69 Å². The van der Waals surface area contributed by atoms with Crippen molar-refractivity contribution in [1.29, 1.82) is 0 Å². The van der Waals surface area contributed by atoms with E-state index in [4.69, 9.17) is 9.15 Å². The molecule has 0 fully saturated rings. The second-order valence-electron chi connectivity index (χ2n) is 8.59. The minimum Gasteiger partial charge on any atom is -0.444 e. The molecule has 2 aromatic heterocycles. The number of pyridine rings is 1. The van der Waals surface area contributed by atoms with E-state index in [0.29, 0.717) is 27.7 Å². The average Bonchev–Trinajstić information content (AvgIpc) is 3.21. The van der Waals surface area contributed by atoms with E-state index in [2.05, 4.69) is 10.3 Å². The van der Waals surface area contributed by atoms with Gasteiger partial charge >= 0.3 is 6.09 Å². The number of ether oxygens (including phenoxy) is 1. The highest BCUT2D eigenvalue weighted by Gasteiger charge is 2.23. The lowest BCUT2D eigenvalue weighted by atomic mass is 10.2. The van der Waals surface area contributed by atoms with Gasteiger partial charge in [-0.1, -0.05) is 42.1 Å². The van der Waals surface area contributed by atoms with E-state index < -0.39 is 23.0 Å². The van der Waals surface area contributed by atoms with E-state index in [1.165, 1.54) is 16.1 Å². The first-order chi connectivity index (χ1) is 16.7. The predicted molar refractivity (Wildman–Crippen MR) is 139 cm³/mol. The van der Waals surface area contributed by atoms with Crippen LogP contribution in [0.5, 0.6) is 0 Å². The van der Waals surface area contributed by atoms with Crippen LogP contribution >= 0.6 is 11.8 Å². The molecular formula is C25H25N3O5S2. The average molecular weight is 512 g/mol. The van der Waals surface area contributed by atoms with Gasteiger partial charge in [-0.15, -0.1) is 0 Å². The van der Waals surface area contributed by atoms with Crippen LogP contribution in [0, 0.1) is 0 Å². The second kappa shape index (κ2) is 10.5. The normalized spacial score (nSPS) is 12.3. The number of nitrogens with zero attached hydrogens (tertiary/aromatic N) is 2. The van der Waals surface area contributed by atoms with Gasteiger partial charge in [0, 0.05) is 29.1 Å². The summed E-state index contributed by atoms with van der Waals surface area (Å²) in [6, 6.07) is 19.9. The minimum atomic E-state index is -2.38. The van der Waals surface area contributed by atoms with Crippen LogP contribution in [0.1, 0.15) is 26.3 Å². The number of carbonyl (C=O) groups excluding carboxylic acids is 1. The Morgan fingerprint density at radius 2 is 1.94 bits per heavy atom. The smallest absolute Gasteiger partial charge is 0.412 e. The number of hydrogen-bond donors (Lipinski definition) is 2. The van der Waals surface area contributed by atoms with Crippen molar-refractivity contribution < 1.29 is 22.7 Å². The summed E-state index contributed by atoms with van der Waals surface area (Å²) in [5.41, 5.74) is 2.01. The minimum absolute atomic E-state index is 0.241. The van der Waals surface area contributed by atoms with Gasteiger partial charge in [-0.25, -0.2) is 18.3 Å². The maximum atomic E-state index is 12.3. The molecule has 0 aliphatic rings. The maximum Gasteiger partial charge on any atom is 0.412 e. The molecule has 0 saturated heterocycles. The summed E-state index contributed by atoms with van der Waals surface area (Å²) in [6.07, 6.45) is 1.10. The summed E-state index contributed by atoms with van der Waals surface area (Å²) in [4.78, 5) is 16.5. The van der Waals surface area contributed by atoms with Crippen molar-refractivity contribution in [3.63, 3.8) is 0 Å². The van der Waals surface area contributed by atoms with E-state index in [1.54, 1.807) is 57.3 Å². The third kappa shape index (κ3) is 6.41. The van der Waals surface area contributed by atoms with Crippen LogP contribution in [0.2, 0.25) is 0 Å². The number of para-hydroxylation sites is 1. The first-order valence-electron chi connectivity index (χ1n) is 10.8. The van der Waals surface area contributed by atoms with E-state index in [0.717, 1.165) is 10.9 Å². The van der Waals surface area contributed by atoms with Gasteiger partial charge in [-0.3, -0.25) is 9.87 Å². The van der Waals surface area contributed by atoms with Gasteiger partial charge in [0.15, 0.2) is 0 Å². The number of nitrogens with one attached hydrogen (secondary N) is 1. The molecule has 35 heavy (non-hydrogen) atoms. The molecule has 4 aromatic rings. The highest BCUT2D eigenvalue weighted by atomic mass is 32.2. The van der Waals surface area contributed by atoms with E-state index in [9.17, 15) is 13.6 Å². The monoisotopic (exact) mass is 511 g/mol. The van der Waals surface area contributed by atoms with Crippen LogP contribution in [0.4, 0.5) is 22.1 Å². The van der Waals surface area contributed by atoms with E-state index >= 15 is 0 Å². The van der Waals surface area contributed by atoms with Crippen LogP contribution in [0.25, 0.3) is 11.0 Å². The van der Waals surface area contributed by atoms with Gasteiger partial charge < -0.3 is 9.15 Å². The highest BCUT2D eigenvalue weighted by molar-refractivity contribution is 7.98. The van der Waals surface area contributed by atoms with Crippen LogP contribution in [0.3, 0.4) is 0 Å². The molecule has 0 bridgehead atoms. The Kier molecular flexibility index (Phi) is 7.44. The van der Waals surface area contributed by atoms with Crippen molar-refractivity contribution in [2.24, 2.45) is 0 Å². The van der Waals surface area contributed by atoms with Crippen molar-refractivity contribution in [3.05, 3.63) is 78.5 Å². The lowest BCUT2D eigenvalue weighted by molar-refractivity contribution is 0.0636. The summed E-state index contributed by atoms with van der Waals surface area (Å²) in [5, 5.41) is 4.12. The Hall–Kier alpha value is -3.34. The lowest BCUT2D eigenvalue weighted by Crippen LogP contribution is -2.27. The Bertz CT molecular complexity index is 1330. The largest absolute Gasteiger partial charge is 0.444 e. The van der Waals surface area contributed by atoms with Crippen molar-refractivity contribution in [3.8, 4) is 0 Å². The number of fused-ring (bicyclic) bond motifs is 1. The van der Waals surface area contributed by atoms with Crippen molar-refractivity contribution >= 4 is 57.3 Å². The molecule has 182 valence electrons. The lowest BCUT2D eigenvalue weighted by Gasteiger charge is -2.20. The number of furan rings is 1. The summed E-state index contributed by atoms with van der Waals surface area (Å²) in [5.74, 6) is 0.755. The third-order valence-corrected chi connectivity index (χ3v) is 6.44. The first kappa shape index (κ1) is 24.8. The molecule has 4 rings (SSSR count). The predicted octanol–water partition coefficient (Wildman–Crippen LogP) is 6.74. The van der Waals surface area contributed by atoms with Gasteiger partial charge in [0.1, 0.15) is 16.2 Å². The standard InChI is InChI=1S/C25H25N3O5S2/c1-25(2,3)33-24(29)27-19-10-6-8-17(14-19)16-34-23-20(11-7-13-26-23)28(35(30)31)22-15-18-9-4-5-12-21(18)32-22/h4-15H,16H2,1-3H3,(H,27,29)(H,30,31). The molecule has 0 saturated carbocycles. The van der Waals surface area contributed by atoms with E-state index in [1.807, 2.05) is 36.4 Å². The van der Waals surface area contributed by atoms with Crippen molar-refractivity contribution in [2.45, 2.75) is 37.2 Å². The molecule has 0 radical (unpaired) electrons. The topological polar surface area (TPSA) is 105 Å². The Morgan fingerprint density at radius 3 is 2.69 bits per heavy atom. The third-order valence-electron chi connectivity index (χ3n) is 4.69. The van der Waals surface area contributed by atoms with Gasteiger partial charge in [0.25, 0.3) is 11.3 Å². The highest BCUT2D eigenvalue weighted by Crippen LogP contribution is 2.38. The zero-order chi connectivity index (χ0) is 25.0. The Morgan fingerprint density at radius 1 is 1.14 bits per heavy atom. The maximum absolute atomic E-state index is 12.3. The fourth-order valence-electron chi connectivity index (χ4n) is 3.31. The number of benzene rings is 2. The molecular weight excluding hydrogens is 486 g/mol. The molecule has 1 unspecified atom stereocenters. The first-order valence-corrected chi connectivity index (χ1v) is 12.8. The quantitative estimate of drug-likeness (QED) is 0.209. The number of carbonyl (C=O) groups is 1. The van der Waals surface area contributed by atoms with Crippen molar-refractivity contribution in [2.75, 3.05) is 9.62 Å². The van der Waals surface area contributed by atoms with Crippen LogP contribution in [0.15, 0.2) is 82.4 Å². The van der Waals surface area contributed by atoms with Crippen LogP contribution in [-0.4, -0.2) is 25.4 Å². The molecule has 2 aromatic carbocycles.